The minimum Gasteiger partial charge on any atom is -0.350 e. The summed E-state index contributed by atoms with van der Waals surface area (Å²) < 4.78 is 0. The molecule has 1 heterocycles. The summed E-state index contributed by atoms with van der Waals surface area (Å²) in [4.78, 5) is 22.6. The van der Waals surface area contributed by atoms with Gasteiger partial charge in [0.25, 0.3) is 11.5 Å². The average Bonchev–Trinajstić information content (AvgIpc) is 2.38. The van der Waals surface area contributed by atoms with Gasteiger partial charge in [-0.15, -0.1) is 0 Å². The van der Waals surface area contributed by atoms with Gasteiger partial charge >= 0.3 is 0 Å². The van der Waals surface area contributed by atoms with E-state index in [-0.39, 0.29) is 23.2 Å². The Labute approximate surface area is 105 Å². The van der Waals surface area contributed by atoms with Crippen molar-refractivity contribution in [1.82, 2.24) is 15.5 Å². The van der Waals surface area contributed by atoms with Gasteiger partial charge in [-0.3, -0.25) is 9.59 Å². The van der Waals surface area contributed by atoms with Crippen LogP contribution in [0.25, 0.3) is 0 Å². The molecule has 1 saturated carbocycles. The number of nitrogens with two attached hydrogens (primary N) is 1. The third kappa shape index (κ3) is 3.16. The second-order valence-corrected chi connectivity index (χ2v) is 4.72. The Morgan fingerprint density at radius 3 is 2.89 bits per heavy atom. The van der Waals surface area contributed by atoms with Gasteiger partial charge in [0.2, 0.25) is 0 Å². The molecule has 0 bridgehead atoms. The number of carbonyl (C=O) groups excluding carboxylic acids is 1. The molecular weight excluding hydrogens is 232 g/mol. The van der Waals surface area contributed by atoms with Gasteiger partial charge in [-0.1, -0.05) is 12.8 Å². The predicted octanol–water partition coefficient (Wildman–Crippen LogP) is 0.0172. The van der Waals surface area contributed by atoms with Gasteiger partial charge in [0.05, 0.1) is 0 Å². The molecule has 2 unspecified atom stereocenters. The van der Waals surface area contributed by atoms with E-state index in [4.69, 9.17) is 5.73 Å². The maximum Gasteiger partial charge on any atom is 0.271 e. The summed E-state index contributed by atoms with van der Waals surface area (Å²) in [7, 11) is 0. The number of hydrogen-bond acceptors (Lipinski definition) is 4. The van der Waals surface area contributed by atoms with Crippen molar-refractivity contribution in [1.29, 1.82) is 0 Å². The molecule has 0 radical (unpaired) electrons. The summed E-state index contributed by atoms with van der Waals surface area (Å²) in [5, 5.41) is 8.73. The predicted molar refractivity (Wildman–Crippen MR) is 67.1 cm³/mol. The summed E-state index contributed by atoms with van der Waals surface area (Å²) in [5.41, 5.74) is 5.91. The summed E-state index contributed by atoms with van der Waals surface area (Å²) in [6.45, 7) is 0.570. The highest BCUT2D eigenvalue weighted by Crippen LogP contribution is 2.22. The number of carbonyl (C=O) groups is 1. The second-order valence-electron chi connectivity index (χ2n) is 4.72. The standard InChI is InChI=1S/C12H18N4O2/c13-9-4-2-1-3-8(9)7-14-12(18)10-5-6-11(17)16-15-10/h5-6,8-9H,1-4,7,13H2,(H,14,18)(H,16,17). The van der Waals surface area contributed by atoms with Crippen molar-refractivity contribution >= 4 is 5.91 Å². The van der Waals surface area contributed by atoms with Crippen LogP contribution in [0.3, 0.4) is 0 Å². The maximum atomic E-state index is 11.8. The molecule has 1 aliphatic carbocycles. The lowest BCUT2D eigenvalue weighted by molar-refractivity contribution is 0.0935. The first kappa shape index (κ1) is 12.8. The molecule has 18 heavy (non-hydrogen) atoms. The summed E-state index contributed by atoms with van der Waals surface area (Å²) in [6.07, 6.45) is 4.43. The van der Waals surface area contributed by atoms with E-state index in [1.165, 1.54) is 25.0 Å². The number of aromatic nitrogens is 2. The van der Waals surface area contributed by atoms with Gasteiger partial charge in [-0.2, -0.15) is 5.10 Å². The summed E-state index contributed by atoms with van der Waals surface area (Å²) >= 11 is 0. The molecule has 1 aromatic heterocycles. The molecule has 2 rings (SSSR count). The number of nitrogens with one attached hydrogen (secondary N) is 2. The molecule has 0 saturated heterocycles. The zero-order chi connectivity index (χ0) is 13.0. The van der Waals surface area contributed by atoms with E-state index in [9.17, 15) is 9.59 Å². The molecule has 1 fully saturated rings. The molecule has 98 valence electrons. The van der Waals surface area contributed by atoms with E-state index in [2.05, 4.69) is 15.5 Å². The van der Waals surface area contributed by atoms with E-state index >= 15 is 0 Å². The fourth-order valence-corrected chi connectivity index (χ4v) is 2.28. The largest absolute Gasteiger partial charge is 0.350 e. The Kier molecular flexibility index (Phi) is 4.09. The highest BCUT2D eigenvalue weighted by molar-refractivity contribution is 5.91. The smallest absolute Gasteiger partial charge is 0.271 e. The molecule has 2 atom stereocenters. The molecular formula is C12H18N4O2. The highest BCUT2D eigenvalue weighted by Gasteiger charge is 2.22. The van der Waals surface area contributed by atoms with Crippen molar-refractivity contribution in [3.8, 4) is 0 Å². The van der Waals surface area contributed by atoms with Gasteiger partial charge < -0.3 is 11.1 Å². The third-order valence-corrected chi connectivity index (χ3v) is 3.40. The highest BCUT2D eigenvalue weighted by atomic mass is 16.2. The Morgan fingerprint density at radius 1 is 1.44 bits per heavy atom. The van der Waals surface area contributed by atoms with Crippen LogP contribution < -0.4 is 16.6 Å². The zero-order valence-corrected chi connectivity index (χ0v) is 10.2. The van der Waals surface area contributed by atoms with Crippen molar-refractivity contribution < 1.29 is 4.79 Å². The van der Waals surface area contributed by atoms with Gasteiger partial charge in [0.1, 0.15) is 5.69 Å². The van der Waals surface area contributed by atoms with Crippen LogP contribution in [0.4, 0.5) is 0 Å². The fourth-order valence-electron chi connectivity index (χ4n) is 2.28. The first-order valence-electron chi connectivity index (χ1n) is 6.26. The summed E-state index contributed by atoms with van der Waals surface area (Å²) in [5.74, 6) is 0.0643. The Balaban J connectivity index is 1.87. The lowest BCUT2D eigenvalue weighted by atomic mass is 9.85. The number of rotatable bonds is 3. The lowest BCUT2D eigenvalue weighted by Gasteiger charge is -2.28. The zero-order valence-electron chi connectivity index (χ0n) is 10.2. The first-order chi connectivity index (χ1) is 8.66. The first-order valence-corrected chi connectivity index (χ1v) is 6.26. The van der Waals surface area contributed by atoms with Crippen LogP contribution in [0.2, 0.25) is 0 Å². The third-order valence-electron chi connectivity index (χ3n) is 3.40. The van der Waals surface area contributed by atoms with E-state index < -0.39 is 0 Å². The van der Waals surface area contributed by atoms with Crippen molar-refractivity contribution in [2.24, 2.45) is 11.7 Å². The quantitative estimate of drug-likeness (QED) is 0.703. The molecule has 0 spiro atoms. The molecule has 6 nitrogen and oxygen atoms in total. The second kappa shape index (κ2) is 5.77. The van der Waals surface area contributed by atoms with E-state index in [0.29, 0.717) is 12.5 Å². The minimum atomic E-state index is -0.319. The molecule has 6 heteroatoms. The molecule has 1 aromatic rings. The van der Waals surface area contributed by atoms with Crippen LogP contribution in [0.15, 0.2) is 16.9 Å². The number of hydrogen-bond donors (Lipinski definition) is 3. The number of aromatic amines is 1. The Hall–Kier alpha value is -1.69. The van der Waals surface area contributed by atoms with E-state index in [0.717, 1.165) is 12.8 Å². The molecule has 0 aromatic carbocycles. The van der Waals surface area contributed by atoms with Gasteiger partial charge in [-0.05, 0) is 24.8 Å². The molecule has 1 aliphatic rings. The van der Waals surface area contributed by atoms with Crippen molar-refractivity contribution in [2.75, 3.05) is 6.54 Å². The van der Waals surface area contributed by atoms with E-state index in [1.54, 1.807) is 0 Å². The average molecular weight is 250 g/mol. The van der Waals surface area contributed by atoms with Gasteiger partial charge in [0, 0.05) is 18.7 Å². The number of amides is 1. The van der Waals surface area contributed by atoms with Crippen LogP contribution in [0, 0.1) is 5.92 Å². The van der Waals surface area contributed by atoms with Crippen molar-refractivity contribution in [2.45, 2.75) is 31.7 Å². The number of H-pyrrole nitrogens is 1. The number of nitrogens with zero attached hydrogens (tertiary/aromatic N) is 1. The van der Waals surface area contributed by atoms with Gasteiger partial charge in [-0.25, -0.2) is 5.10 Å². The van der Waals surface area contributed by atoms with Crippen LogP contribution >= 0.6 is 0 Å². The topological polar surface area (TPSA) is 101 Å². The van der Waals surface area contributed by atoms with E-state index in [1.807, 2.05) is 0 Å². The lowest BCUT2D eigenvalue weighted by Crippen LogP contribution is -2.41. The van der Waals surface area contributed by atoms with Crippen LogP contribution in [-0.4, -0.2) is 28.7 Å². The molecule has 1 amide bonds. The Morgan fingerprint density at radius 2 is 2.22 bits per heavy atom. The van der Waals surface area contributed by atoms with Crippen LogP contribution in [0.5, 0.6) is 0 Å². The van der Waals surface area contributed by atoms with Crippen LogP contribution in [0.1, 0.15) is 36.2 Å². The molecule has 4 N–H and O–H groups in total. The van der Waals surface area contributed by atoms with Crippen molar-refractivity contribution in [3.05, 3.63) is 28.2 Å². The van der Waals surface area contributed by atoms with Crippen LogP contribution in [-0.2, 0) is 0 Å². The van der Waals surface area contributed by atoms with Gasteiger partial charge in [0.15, 0.2) is 0 Å². The Bertz CT molecular complexity index is 451. The molecule has 0 aliphatic heterocycles. The fraction of sp³-hybridized carbons (Fsp3) is 0.583. The SMILES string of the molecule is NC1CCCCC1CNC(=O)c1ccc(=O)[nH]n1. The summed E-state index contributed by atoms with van der Waals surface area (Å²) in [6, 6.07) is 2.87. The minimum absolute atomic E-state index is 0.169. The normalized spacial score (nSPS) is 23.6. The van der Waals surface area contributed by atoms with Crippen molar-refractivity contribution in [3.63, 3.8) is 0 Å². The maximum absolute atomic E-state index is 11.8. The monoisotopic (exact) mass is 250 g/mol.